The maximum Gasteiger partial charge on any atom is 0.433 e. The third-order valence-corrected chi connectivity index (χ3v) is 4.86. The van der Waals surface area contributed by atoms with Crippen LogP contribution in [0.2, 0.25) is 0 Å². The number of rotatable bonds is 3. The van der Waals surface area contributed by atoms with Crippen molar-refractivity contribution in [2.24, 2.45) is 0 Å². The molecule has 2 aromatic rings. The Balaban J connectivity index is 2.01. The summed E-state index contributed by atoms with van der Waals surface area (Å²) in [4.78, 5) is 18.5. The first-order valence-electron chi connectivity index (χ1n) is 6.28. The summed E-state index contributed by atoms with van der Waals surface area (Å²) in [6, 6.07) is 1.44. The van der Waals surface area contributed by atoms with Crippen molar-refractivity contribution < 1.29 is 22.4 Å². The standard InChI is InChI=1S/C13H8BrF3N2O2S/c14-8-4-6(5-20)21-11(8)22-12-18-9-3-1-2-7(9)10(19-12)13(15,16)17/h4-5H,1-3H2. The van der Waals surface area contributed by atoms with Crippen LogP contribution >= 0.6 is 27.7 Å². The minimum Gasteiger partial charge on any atom is -0.445 e. The van der Waals surface area contributed by atoms with Gasteiger partial charge in [-0.1, -0.05) is 0 Å². The molecule has 1 aliphatic rings. The summed E-state index contributed by atoms with van der Waals surface area (Å²) in [5.74, 6) is 0.0755. The van der Waals surface area contributed by atoms with E-state index in [1.165, 1.54) is 6.07 Å². The molecule has 22 heavy (non-hydrogen) atoms. The highest BCUT2D eigenvalue weighted by Gasteiger charge is 2.38. The van der Waals surface area contributed by atoms with E-state index in [1.54, 1.807) is 0 Å². The van der Waals surface area contributed by atoms with Crippen LogP contribution in [-0.2, 0) is 19.0 Å². The lowest BCUT2D eigenvalue weighted by atomic mass is 10.2. The molecule has 9 heteroatoms. The molecule has 4 nitrogen and oxygen atoms in total. The van der Waals surface area contributed by atoms with E-state index in [0.29, 0.717) is 35.7 Å². The molecule has 0 unspecified atom stereocenters. The Labute approximate surface area is 135 Å². The second-order valence-electron chi connectivity index (χ2n) is 4.64. The summed E-state index contributed by atoms with van der Waals surface area (Å²) < 4.78 is 45.0. The van der Waals surface area contributed by atoms with E-state index in [1.807, 2.05) is 0 Å². The molecule has 0 fully saturated rings. The predicted molar refractivity (Wildman–Crippen MR) is 75.0 cm³/mol. The van der Waals surface area contributed by atoms with Gasteiger partial charge in [0.25, 0.3) is 0 Å². The van der Waals surface area contributed by atoms with Crippen molar-refractivity contribution in [1.82, 2.24) is 9.97 Å². The second kappa shape index (κ2) is 5.69. The molecule has 2 aromatic heterocycles. The summed E-state index contributed by atoms with van der Waals surface area (Å²) in [5, 5.41) is 0.202. The maximum absolute atomic E-state index is 13.1. The minimum atomic E-state index is -4.51. The molecule has 0 N–H and O–H groups in total. The van der Waals surface area contributed by atoms with Gasteiger partial charge in [0.05, 0.1) is 4.47 Å². The number of carbonyl (C=O) groups excluding carboxylic acids is 1. The molecule has 0 amide bonds. The van der Waals surface area contributed by atoms with Crippen LogP contribution in [0.25, 0.3) is 0 Å². The van der Waals surface area contributed by atoms with Gasteiger partial charge in [-0.2, -0.15) is 13.2 Å². The quantitative estimate of drug-likeness (QED) is 0.575. The molecule has 0 atom stereocenters. The van der Waals surface area contributed by atoms with E-state index < -0.39 is 11.9 Å². The highest BCUT2D eigenvalue weighted by Crippen LogP contribution is 2.39. The first-order valence-corrected chi connectivity index (χ1v) is 7.89. The number of nitrogens with zero attached hydrogens (tertiary/aromatic N) is 2. The van der Waals surface area contributed by atoms with Gasteiger partial charge in [0, 0.05) is 17.3 Å². The monoisotopic (exact) mass is 392 g/mol. The van der Waals surface area contributed by atoms with Crippen LogP contribution in [0.15, 0.2) is 25.2 Å². The summed E-state index contributed by atoms with van der Waals surface area (Å²) in [7, 11) is 0. The zero-order chi connectivity index (χ0) is 15.9. The van der Waals surface area contributed by atoms with Crippen LogP contribution in [0.5, 0.6) is 0 Å². The molecular weight excluding hydrogens is 385 g/mol. The second-order valence-corrected chi connectivity index (χ2v) is 6.43. The topological polar surface area (TPSA) is 56.0 Å². The normalized spacial score (nSPS) is 14.2. The van der Waals surface area contributed by atoms with Crippen LogP contribution in [0, 0.1) is 0 Å². The fourth-order valence-electron chi connectivity index (χ4n) is 2.27. The Kier molecular flexibility index (Phi) is 4.02. The summed E-state index contributed by atoms with van der Waals surface area (Å²) >= 11 is 4.04. The van der Waals surface area contributed by atoms with Gasteiger partial charge >= 0.3 is 6.18 Å². The molecule has 0 saturated heterocycles. The number of aryl methyl sites for hydroxylation is 1. The fourth-order valence-corrected chi connectivity index (χ4v) is 3.57. The molecule has 0 spiro atoms. The number of hydrogen-bond acceptors (Lipinski definition) is 5. The molecule has 116 valence electrons. The van der Waals surface area contributed by atoms with E-state index in [-0.39, 0.29) is 21.6 Å². The summed E-state index contributed by atoms with van der Waals surface area (Å²) in [5.41, 5.74) is -0.261. The van der Waals surface area contributed by atoms with E-state index in [9.17, 15) is 18.0 Å². The number of furan rings is 1. The zero-order valence-corrected chi connectivity index (χ0v) is 13.3. The van der Waals surface area contributed by atoms with E-state index >= 15 is 0 Å². The molecule has 0 saturated carbocycles. The lowest BCUT2D eigenvalue weighted by molar-refractivity contribution is -0.142. The lowest BCUT2D eigenvalue weighted by Gasteiger charge is -2.11. The first kappa shape index (κ1) is 15.5. The average Bonchev–Trinajstić information content (AvgIpc) is 3.04. The van der Waals surface area contributed by atoms with Crippen LogP contribution in [-0.4, -0.2) is 16.3 Å². The number of halogens is 4. The van der Waals surface area contributed by atoms with Crippen molar-refractivity contribution in [3.8, 4) is 0 Å². The number of aldehydes is 1. The van der Waals surface area contributed by atoms with Gasteiger partial charge in [-0.25, -0.2) is 9.97 Å². The first-order chi connectivity index (χ1) is 10.4. The molecule has 0 radical (unpaired) electrons. The van der Waals surface area contributed by atoms with Gasteiger partial charge in [-0.3, -0.25) is 4.79 Å². The third kappa shape index (κ3) is 2.91. The van der Waals surface area contributed by atoms with Crippen LogP contribution in [0.3, 0.4) is 0 Å². The largest absolute Gasteiger partial charge is 0.445 e. The number of alkyl halides is 3. The van der Waals surface area contributed by atoms with Crippen LogP contribution in [0.1, 0.15) is 33.9 Å². The Bertz CT molecular complexity index is 746. The van der Waals surface area contributed by atoms with Gasteiger partial charge in [0.15, 0.2) is 28.0 Å². The van der Waals surface area contributed by atoms with E-state index in [2.05, 4.69) is 25.9 Å². The Morgan fingerprint density at radius 1 is 1.32 bits per heavy atom. The SMILES string of the molecule is O=Cc1cc(Br)c(Sc2nc3c(c(C(F)(F)F)n2)CCC3)o1. The fraction of sp³-hybridized carbons (Fsp3) is 0.308. The van der Waals surface area contributed by atoms with Gasteiger partial charge < -0.3 is 4.42 Å². The average molecular weight is 393 g/mol. The van der Waals surface area contributed by atoms with Crippen LogP contribution < -0.4 is 0 Å². The van der Waals surface area contributed by atoms with Crippen LogP contribution in [0.4, 0.5) is 13.2 Å². The number of hydrogen-bond donors (Lipinski definition) is 0. The number of aromatic nitrogens is 2. The van der Waals surface area contributed by atoms with Gasteiger partial charge in [0.1, 0.15) is 0 Å². The molecule has 0 bridgehead atoms. The smallest absolute Gasteiger partial charge is 0.433 e. The van der Waals surface area contributed by atoms with Crippen molar-refractivity contribution in [3.63, 3.8) is 0 Å². The van der Waals surface area contributed by atoms with Crippen molar-refractivity contribution in [2.75, 3.05) is 0 Å². The minimum absolute atomic E-state index is 0.0412. The van der Waals surface area contributed by atoms with E-state index in [0.717, 1.165) is 11.8 Å². The number of carbonyl (C=O) groups is 1. The third-order valence-electron chi connectivity index (χ3n) is 3.16. The molecule has 2 heterocycles. The molecule has 1 aliphatic carbocycles. The van der Waals surface area contributed by atoms with E-state index in [4.69, 9.17) is 4.42 Å². The summed E-state index contributed by atoms with van der Waals surface area (Å²) in [6.45, 7) is 0. The highest BCUT2D eigenvalue weighted by atomic mass is 79.9. The molecular formula is C13H8BrF3N2O2S. The number of fused-ring (bicyclic) bond motifs is 1. The van der Waals surface area contributed by atoms with Gasteiger partial charge in [-0.05, 0) is 47.0 Å². The zero-order valence-electron chi connectivity index (χ0n) is 10.9. The lowest BCUT2D eigenvalue weighted by Crippen LogP contribution is -2.14. The van der Waals surface area contributed by atoms with Gasteiger partial charge in [-0.15, -0.1) is 0 Å². The summed E-state index contributed by atoms with van der Waals surface area (Å²) in [6.07, 6.45) is -2.51. The highest BCUT2D eigenvalue weighted by molar-refractivity contribution is 9.10. The van der Waals surface area contributed by atoms with Crippen molar-refractivity contribution >= 4 is 34.0 Å². The molecule has 0 aliphatic heterocycles. The van der Waals surface area contributed by atoms with Gasteiger partial charge in [0.2, 0.25) is 0 Å². The molecule has 0 aromatic carbocycles. The van der Waals surface area contributed by atoms with Crippen molar-refractivity contribution in [3.05, 3.63) is 33.3 Å². The van der Waals surface area contributed by atoms with Crippen molar-refractivity contribution in [1.29, 1.82) is 0 Å². The van der Waals surface area contributed by atoms with Crippen molar-refractivity contribution in [2.45, 2.75) is 35.7 Å². The Morgan fingerprint density at radius 3 is 2.73 bits per heavy atom. The Hall–Kier alpha value is -1.35. The Morgan fingerprint density at radius 2 is 2.09 bits per heavy atom. The molecule has 3 rings (SSSR count). The maximum atomic E-state index is 13.1. The predicted octanol–water partition coefficient (Wildman–Crippen LogP) is 4.30.